The zero-order valence-electron chi connectivity index (χ0n) is 20.1. The molecule has 1 amide bonds. The number of halogens is 1. The van der Waals surface area contributed by atoms with Gasteiger partial charge in [0, 0.05) is 52.2 Å². The molecule has 0 spiro atoms. The number of rotatable bonds is 7. The van der Waals surface area contributed by atoms with Crippen LogP contribution in [0.3, 0.4) is 0 Å². The number of ether oxygens (including phenoxy) is 3. The number of morpholine rings is 1. The number of amides is 1. The number of piperazine rings is 1. The summed E-state index contributed by atoms with van der Waals surface area (Å²) < 4.78 is 43.1. The Hall–Kier alpha value is -2.37. The van der Waals surface area contributed by atoms with Crippen LogP contribution in [-0.4, -0.2) is 87.7 Å². The molecule has 2 aromatic rings. The number of hydrogen-bond donors (Lipinski definition) is 0. The van der Waals surface area contributed by atoms with Crippen molar-refractivity contribution >= 4 is 15.9 Å². The largest absolute Gasteiger partial charge is 1.00 e. The van der Waals surface area contributed by atoms with E-state index >= 15 is 0 Å². The molecule has 0 saturated carbocycles. The Morgan fingerprint density at radius 3 is 2.22 bits per heavy atom. The molecule has 2 fully saturated rings. The molecule has 9 nitrogen and oxygen atoms in total. The Labute approximate surface area is 218 Å². The van der Waals surface area contributed by atoms with Crippen molar-refractivity contribution in [3.05, 3.63) is 53.6 Å². The van der Waals surface area contributed by atoms with E-state index in [1.54, 1.807) is 12.1 Å². The second kappa shape index (κ2) is 11.8. The van der Waals surface area contributed by atoms with Crippen LogP contribution in [0.5, 0.6) is 11.5 Å². The second-order valence-corrected chi connectivity index (χ2v) is 10.9. The summed E-state index contributed by atoms with van der Waals surface area (Å²) in [6.45, 7) is 5.77. The number of aryl methyl sites for hydroxylation is 1. The molecule has 0 radical (unpaired) electrons. The van der Waals surface area contributed by atoms with Crippen LogP contribution < -0.4 is 21.9 Å². The van der Waals surface area contributed by atoms with Crippen LogP contribution in [0, 0.1) is 0 Å². The fourth-order valence-corrected chi connectivity index (χ4v) is 6.03. The van der Waals surface area contributed by atoms with E-state index in [4.69, 9.17) is 14.2 Å². The Morgan fingerprint density at radius 2 is 1.50 bits per heavy atom. The van der Waals surface area contributed by atoms with Gasteiger partial charge in [-0.25, -0.2) is 8.42 Å². The zero-order valence-corrected chi connectivity index (χ0v) is 21.7. The molecule has 0 atom stereocenters. The molecular formula is C25H31ClN3O6S-. The molecule has 2 saturated heterocycles. The Morgan fingerprint density at radius 1 is 0.833 bits per heavy atom. The standard InChI is InChI=1S/C25H31N3O6S.ClH/c29-25(8-4-20-1-5-22(6-2-20)35(30,31)28-13-15-32-16-14-28)27-11-9-26(10-12-27)18-21-3-7-23-24(17-21)34-19-33-23;/h1-3,5-7,17H,4,8-16,18-19H2;1H/p-1. The lowest BCUT2D eigenvalue weighted by Gasteiger charge is -2.35. The highest BCUT2D eigenvalue weighted by Gasteiger charge is 2.26. The highest BCUT2D eigenvalue weighted by atomic mass is 35.5. The quantitative estimate of drug-likeness (QED) is 0.435. The first kappa shape index (κ1) is 26.7. The monoisotopic (exact) mass is 536 g/mol. The number of fused-ring (bicyclic) bond motifs is 1. The first-order chi connectivity index (χ1) is 17.0. The summed E-state index contributed by atoms with van der Waals surface area (Å²) in [5.41, 5.74) is 2.13. The third-order valence-electron chi connectivity index (χ3n) is 6.73. The van der Waals surface area contributed by atoms with Gasteiger partial charge in [-0.15, -0.1) is 0 Å². The Balaban J connectivity index is 0.00000304. The molecule has 11 heteroatoms. The minimum absolute atomic E-state index is 0. The third kappa shape index (κ3) is 6.12. The number of benzene rings is 2. The number of carbonyl (C=O) groups is 1. The van der Waals surface area contributed by atoms with Crippen molar-refractivity contribution in [2.24, 2.45) is 0 Å². The van der Waals surface area contributed by atoms with E-state index in [1.807, 2.05) is 29.2 Å². The summed E-state index contributed by atoms with van der Waals surface area (Å²) in [6.07, 6.45) is 1.01. The first-order valence-electron chi connectivity index (χ1n) is 12.0. The molecular weight excluding hydrogens is 506 g/mol. The molecule has 36 heavy (non-hydrogen) atoms. The first-order valence-corrected chi connectivity index (χ1v) is 13.5. The van der Waals surface area contributed by atoms with Crippen LogP contribution >= 0.6 is 0 Å². The van der Waals surface area contributed by atoms with Crippen LogP contribution in [0.15, 0.2) is 47.4 Å². The molecule has 0 bridgehead atoms. The van der Waals surface area contributed by atoms with Crippen LogP contribution in [-0.2, 0) is 32.5 Å². The van der Waals surface area contributed by atoms with E-state index in [0.717, 1.165) is 36.7 Å². The van der Waals surface area contributed by atoms with Crippen molar-refractivity contribution in [1.29, 1.82) is 0 Å². The van der Waals surface area contributed by atoms with Gasteiger partial charge in [0.05, 0.1) is 18.1 Å². The van der Waals surface area contributed by atoms with Gasteiger partial charge in [0.25, 0.3) is 0 Å². The van der Waals surface area contributed by atoms with Gasteiger partial charge in [0.2, 0.25) is 22.7 Å². The lowest BCUT2D eigenvalue weighted by Crippen LogP contribution is -3.00. The number of nitrogens with zero attached hydrogens (tertiary/aromatic N) is 3. The molecule has 3 heterocycles. The van der Waals surface area contributed by atoms with Crippen molar-refractivity contribution in [3.8, 4) is 11.5 Å². The summed E-state index contributed by atoms with van der Waals surface area (Å²) >= 11 is 0. The minimum atomic E-state index is -3.50. The van der Waals surface area contributed by atoms with E-state index in [2.05, 4.69) is 11.0 Å². The highest BCUT2D eigenvalue weighted by molar-refractivity contribution is 7.89. The van der Waals surface area contributed by atoms with Gasteiger partial charge in [0.15, 0.2) is 11.5 Å². The van der Waals surface area contributed by atoms with Gasteiger partial charge < -0.3 is 31.5 Å². The highest BCUT2D eigenvalue weighted by Crippen LogP contribution is 2.32. The van der Waals surface area contributed by atoms with Crippen molar-refractivity contribution in [1.82, 2.24) is 14.1 Å². The maximum atomic E-state index is 12.8. The van der Waals surface area contributed by atoms with Crippen molar-refractivity contribution in [2.45, 2.75) is 24.3 Å². The summed E-state index contributed by atoms with van der Waals surface area (Å²) in [4.78, 5) is 17.3. The van der Waals surface area contributed by atoms with Gasteiger partial charge >= 0.3 is 0 Å². The van der Waals surface area contributed by atoms with Crippen molar-refractivity contribution < 1.29 is 39.8 Å². The van der Waals surface area contributed by atoms with Crippen molar-refractivity contribution in [3.63, 3.8) is 0 Å². The predicted molar refractivity (Wildman–Crippen MR) is 129 cm³/mol. The molecule has 3 aliphatic heterocycles. The van der Waals surface area contributed by atoms with Crippen LogP contribution in [0.1, 0.15) is 17.5 Å². The third-order valence-corrected chi connectivity index (χ3v) is 8.64. The average Bonchev–Trinajstić information content (AvgIpc) is 3.36. The minimum Gasteiger partial charge on any atom is -1.00 e. The SMILES string of the molecule is O=C(CCc1ccc(S(=O)(=O)N2CCOCC2)cc1)N1CCN(Cc2ccc3c(c2)OCO3)CC1.[Cl-]. The number of carbonyl (C=O) groups excluding carboxylic acids is 1. The van der Waals surface area contributed by atoms with Gasteiger partial charge in [0.1, 0.15) is 0 Å². The molecule has 3 aliphatic rings. The van der Waals surface area contributed by atoms with E-state index in [0.29, 0.717) is 52.2 Å². The summed E-state index contributed by atoms with van der Waals surface area (Å²) in [5, 5.41) is 0. The van der Waals surface area contributed by atoms with Gasteiger partial charge in [-0.05, 0) is 41.8 Å². The average molecular weight is 537 g/mol. The van der Waals surface area contributed by atoms with Gasteiger partial charge in [-0.3, -0.25) is 9.69 Å². The molecule has 196 valence electrons. The van der Waals surface area contributed by atoms with E-state index in [1.165, 1.54) is 9.87 Å². The van der Waals surface area contributed by atoms with Crippen LogP contribution in [0.4, 0.5) is 0 Å². The molecule has 0 N–H and O–H groups in total. The fraction of sp³-hybridized carbons (Fsp3) is 0.480. The zero-order chi connectivity index (χ0) is 24.3. The van der Waals surface area contributed by atoms with E-state index in [9.17, 15) is 13.2 Å². The summed E-state index contributed by atoms with van der Waals surface area (Å²) in [6, 6.07) is 12.9. The molecule has 0 unspecified atom stereocenters. The van der Waals surface area contributed by atoms with Crippen LogP contribution in [0.2, 0.25) is 0 Å². The fourth-order valence-electron chi connectivity index (χ4n) is 4.63. The smallest absolute Gasteiger partial charge is 0.243 e. The number of sulfonamides is 1. The van der Waals surface area contributed by atoms with Crippen molar-refractivity contribution in [2.75, 3.05) is 59.3 Å². The Bertz CT molecular complexity index is 1150. The second-order valence-electron chi connectivity index (χ2n) is 9.00. The lowest BCUT2D eigenvalue weighted by molar-refractivity contribution is -0.133. The van der Waals surface area contributed by atoms with E-state index < -0.39 is 10.0 Å². The number of hydrogen-bond acceptors (Lipinski definition) is 7. The maximum Gasteiger partial charge on any atom is 0.243 e. The lowest BCUT2D eigenvalue weighted by atomic mass is 10.1. The molecule has 2 aromatic carbocycles. The molecule has 0 aliphatic carbocycles. The molecule has 0 aromatic heterocycles. The maximum absolute atomic E-state index is 12.8. The van der Waals surface area contributed by atoms with E-state index in [-0.39, 0.29) is 30.0 Å². The topological polar surface area (TPSA) is 88.6 Å². The Kier molecular flexibility index (Phi) is 8.74. The van der Waals surface area contributed by atoms with Gasteiger partial charge in [-0.1, -0.05) is 18.2 Å². The predicted octanol–water partition coefficient (Wildman–Crippen LogP) is -1.28. The summed E-state index contributed by atoms with van der Waals surface area (Å²) in [5.74, 6) is 1.72. The van der Waals surface area contributed by atoms with Gasteiger partial charge in [-0.2, -0.15) is 4.31 Å². The normalized spacial score (nSPS) is 18.6. The van der Waals surface area contributed by atoms with Crippen LogP contribution in [0.25, 0.3) is 0 Å². The molecule has 5 rings (SSSR count). The summed E-state index contributed by atoms with van der Waals surface area (Å²) in [7, 11) is -3.50.